The molecule has 3 rings (SSSR count). The van der Waals surface area contributed by atoms with Gasteiger partial charge in [0.25, 0.3) is 5.91 Å². The van der Waals surface area contributed by atoms with Gasteiger partial charge in [-0.15, -0.1) is 0 Å². The largest absolute Gasteiger partial charge is 0.364 e. The number of H-pyrrole nitrogens is 1. The summed E-state index contributed by atoms with van der Waals surface area (Å²) in [6.45, 7) is 4.32. The predicted octanol–water partition coefficient (Wildman–Crippen LogP) is 0.580. The minimum absolute atomic E-state index is 0.288. The number of nitrogens with zero attached hydrogens (tertiary/aromatic N) is 4. The Morgan fingerprint density at radius 2 is 2.48 bits per heavy atom. The van der Waals surface area contributed by atoms with E-state index in [-0.39, 0.29) is 5.69 Å². The van der Waals surface area contributed by atoms with Crippen LogP contribution < -0.4 is 5.73 Å². The van der Waals surface area contributed by atoms with Crippen LogP contribution in [-0.2, 0) is 6.54 Å². The van der Waals surface area contributed by atoms with E-state index < -0.39 is 5.91 Å². The number of aryl methyl sites for hydroxylation is 1. The molecule has 0 bridgehead atoms. The van der Waals surface area contributed by atoms with Crippen LogP contribution in [0.25, 0.3) is 0 Å². The first kappa shape index (κ1) is 13.7. The van der Waals surface area contributed by atoms with E-state index in [1.54, 1.807) is 13.0 Å². The Morgan fingerprint density at radius 3 is 3.14 bits per heavy atom. The molecule has 1 fully saturated rings. The van der Waals surface area contributed by atoms with Crippen LogP contribution in [0.4, 0.5) is 0 Å². The zero-order chi connectivity index (χ0) is 14.8. The van der Waals surface area contributed by atoms with Gasteiger partial charge in [-0.05, 0) is 25.5 Å². The monoisotopic (exact) mass is 290 g/mol. The van der Waals surface area contributed by atoms with Gasteiger partial charge in [0.05, 0.1) is 6.54 Å². The van der Waals surface area contributed by atoms with Gasteiger partial charge in [-0.2, -0.15) is 10.1 Å². The lowest BCUT2D eigenvalue weighted by molar-refractivity contribution is 0.0995. The van der Waals surface area contributed by atoms with Crippen LogP contribution in [0.2, 0.25) is 0 Å². The molecule has 2 aromatic heterocycles. The lowest BCUT2D eigenvalue weighted by Gasteiger charge is -2.31. The number of hydrogen-bond donors (Lipinski definition) is 2. The van der Waals surface area contributed by atoms with Crippen LogP contribution in [0.5, 0.6) is 0 Å². The first-order valence-electron chi connectivity index (χ1n) is 6.98. The highest BCUT2D eigenvalue weighted by Gasteiger charge is 2.24. The maximum absolute atomic E-state index is 11.1. The minimum Gasteiger partial charge on any atom is -0.364 e. The summed E-state index contributed by atoms with van der Waals surface area (Å²) < 4.78 is 4.99. The summed E-state index contributed by atoms with van der Waals surface area (Å²) in [7, 11) is 0. The van der Waals surface area contributed by atoms with Gasteiger partial charge >= 0.3 is 0 Å². The van der Waals surface area contributed by atoms with E-state index in [4.69, 9.17) is 10.3 Å². The number of primary amides is 1. The third kappa shape index (κ3) is 3.10. The van der Waals surface area contributed by atoms with E-state index in [0.717, 1.165) is 31.6 Å². The Morgan fingerprint density at radius 1 is 1.62 bits per heavy atom. The number of aromatic nitrogens is 4. The second-order valence-corrected chi connectivity index (χ2v) is 5.38. The Bertz CT molecular complexity index is 634. The molecule has 0 aromatic carbocycles. The summed E-state index contributed by atoms with van der Waals surface area (Å²) >= 11 is 0. The predicted molar refractivity (Wildman–Crippen MR) is 73.4 cm³/mol. The minimum atomic E-state index is -0.507. The Labute approximate surface area is 121 Å². The Hall–Kier alpha value is -2.22. The first-order valence-corrected chi connectivity index (χ1v) is 6.98. The highest BCUT2D eigenvalue weighted by atomic mass is 16.5. The van der Waals surface area contributed by atoms with Gasteiger partial charge < -0.3 is 10.3 Å². The number of carbonyl (C=O) groups excluding carboxylic acids is 1. The zero-order valence-corrected chi connectivity index (χ0v) is 11.9. The number of rotatable bonds is 4. The van der Waals surface area contributed by atoms with Crippen LogP contribution >= 0.6 is 0 Å². The van der Waals surface area contributed by atoms with Crippen molar-refractivity contribution in [3.05, 3.63) is 29.2 Å². The molecule has 2 aromatic rings. The standard InChI is InChI=1S/C13H18N6O2/c1-8-15-12(18-21-8)7-19-4-2-3-9(6-19)10-5-11(13(14)20)17-16-10/h5,9H,2-4,6-7H2,1H3,(H2,14,20)(H,16,17). The number of aromatic amines is 1. The molecule has 3 N–H and O–H groups in total. The molecule has 1 aliphatic heterocycles. The molecule has 1 atom stereocenters. The van der Waals surface area contributed by atoms with Crippen molar-refractivity contribution in [3.63, 3.8) is 0 Å². The summed E-state index contributed by atoms with van der Waals surface area (Å²) in [5.74, 6) is 1.09. The van der Waals surface area contributed by atoms with Crippen LogP contribution in [0.15, 0.2) is 10.6 Å². The molecule has 8 nitrogen and oxygen atoms in total. The molecule has 1 amide bonds. The quantitative estimate of drug-likeness (QED) is 0.851. The van der Waals surface area contributed by atoms with Gasteiger partial charge in [0.15, 0.2) is 5.82 Å². The number of carbonyl (C=O) groups is 1. The number of nitrogens with one attached hydrogen (secondary N) is 1. The molecule has 1 saturated heterocycles. The lowest BCUT2D eigenvalue weighted by Crippen LogP contribution is -2.34. The number of piperidine rings is 1. The molecular formula is C13H18N6O2. The fourth-order valence-electron chi connectivity index (χ4n) is 2.73. The average molecular weight is 290 g/mol. The van der Waals surface area contributed by atoms with E-state index in [9.17, 15) is 4.79 Å². The van der Waals surface area contributed by atoms with Gasteiger partial charge in [0.1, 0.15) is 5.69 Å². The van der Waals surface area contributed by atoms with Crippen molar-refractivity contribution >= 4 is 5.91 Å². The molecule has 8 heteroatoms. The second kappa shape index (κ2) is 5.65. The fraction of sp³-hybridized carbons (Fsp3) is 0.538. The van der Waals surface area contributed by atoms with E-state index in [0.29, 0.717) is 24.2 Å². The summed E-state index contributed by atoms with van der Waals surface area (Å²) in [6.07, 6.45) is 2.13. The van der Waals surface area contributed by atoms with E-state index in [2.05, 4.69) is 25.2 Å². The van der Waals surface area contributed by atoms with Crippen molar-refractivity contribution < 1.29 is 9.32 Å². The molecule has 0 radical (unpaired) electrons. The van der Waals surface area contributed by atoms with Gasteiger partial charge in [-0.3, -0.25) is 14.8 Å². The van der Waals surface area contributed by atoms with Crippen molar-refractivity contribution in [1.82, 2.24) is 25.2 Å². The maximum atomic E-state index is 11.1. The van der Waals surface area contributed by atoms with Crippen molar-refractivity contribution in [1.29, 1.82) is 0 Å². The second-order valence-electron chi connectivity index (χ2n) is 5.38. The Kier molecular flexibility index (Phi) is 3.70. The molecule has 3 heterocycles. The summed E-state index contributed by atoms with van der Waals surface area (Å²) in [4.78, 5) is 17.6. The maximum Gasteiger partial charge on any atom is 0.269 e. The van der Waals surface area contributed by atoms with Crippen LogP contribution in [0.1, 0.15) is 46.7 Å². The molecule has 112 valence electrons. The SMILES string of the molecule is Cc1nc(CN2CCCC(c3cc(C(N)=O)n[nH]3)C2)no1. The third-order valence-corrected chi connectivity index (χ3v) is 3.73. The summed E-state index contributed by atoms with van der Waals surface area (Å²) in [5, 5.41) is 10.8. The third-order valence-electron chi connectivity index (χ3n) is 3.73. The molecule has 1 aliphatic rings. The number of hydrogen-bond acceptors (Lipinski definition) is 6. The first-order chi connectivity index (χ1) is 10.1. The highest BCUT2D eigenvalue weighted by molar-refractivity contribution is 5.90. The van der Waals surface area contributed by atoms with Crippen LogP contribution in [-0.4, -0.2) is 44.2 Å². The average Bonchev–Trinajstić information content (AvgIpc) is 3.08. The van der Waals surface area contributed by atoms with Gasteiger partial charge in [-0.1, -0.05) is 5.16 Å². The van der Waals surface area contributed by atoms with Crippen molar-refractivity contribution in [2.75, 3.05) is 13.1 Å². The molecule has 21 heavy (non-hydrogen) atoms. The van der Waals surface area contributed by atoms with Crippen molar-refractivity contribution in [2.45, 2.75) is 32.2 Å². The highest BCUT2D eigenvalue weighted by Crippen LogP contribution is 2.26. The van der Waals surface area contributed by atoms with Gasteiger partial charge in [0, 0.05) is 25.1 Å². The number of nitrogens with two attached hydrogens (primary N) is 1. The molecule has 1 unspecified atom stereocenters. The van der Waals surface area contributed by atoms with Crippen LogP contribution in [0.3, 0.4) is 0 Å². The van der Waals surface area contributed by atoms with Crippen LogP contribution in [0, 0.1) is 6.92 Å². The van der Waals surface area contributed by atoms with E-state index in [1.165, 1.54) is 0 Å². The molecule has 0 spiro atoms. The van der Waals surface area contributed by atoms with Crippen molar-refractivity contribution in [2.24, 2.45) is 5.73 Å². The topological polar surface area (TPSA) is 114 Å². The van der Waals surface area contributed by atoms with Gasteiger partial charge in [-0.25, -0.2) is 0 Å². The number of amides is 1. The normalized spacial score (nSPS) is 19.8. The van der Waals surface area contributed by atoms with E-state index in [1.807, 2.05) is 0 Å². The summed E-state index contributed by atoms with van der Waals surface area (Å²) in [5.41, 5.74) is 6.47. The lowest BCUT2D eigenvalue weighted by atomic mass is 9.94. The van der Waals surface area contributed by atoms with Gasteiger partial charge in [0.2, 0.25) is 5.89 Å². The molecule has 0 aliphatic carbocycles. The molecular weight excluding hydrogens is 272 g/mol. The smallest absolute Gasteiger partial charge is 0.269 e. The number of likely N-dealkylation sites (tertiary alicyclic amines) is 1. The Balaban J connectivity index is 1.66. The van der Waals surface area contributed by atoms with E-state index >= 15 is 0 Å². The zero-order valence-electron chi connectivity index (χ0n) is 11.9. The summed E-state index contributed by atoms with van der Waals surface area (Å²) in [6, 6.07) is 1.75. The molecule has 0 saturated carbocycles. The van der Waals surface area contributed by atoms with Crippen molar-refractivity contribution in [3.8, 4) is 0 Å². The fourth-order valence-corrected chi connectivity index (χ4v) is 2.73.